The number of benzene rings is 1. The van der Waals surface area contributed by atoms with E-state index in [4.69, 9.17) is 4.74 Å². The third-order valence-corrected chi connectivity index (χ3v) is 4.17. The van der Waals surface area contributed by atoms with Crippen LogP contribution in [0.25, 0.3) is 0 Å². The van der Waals surface area contributed by atoms with Crippen LogP contribution in [-0.2, 0) is 27.2 Å². The third-order valence-electron chi connectivity index (χ3n) is 3.18. The number of ether oxygens (including phenoxy) is 1. The maximum Gasteiger partial charge on any atom is 0.325 e. The van der Waals surface area contributed by atoms with Crippen molar-refractivity contribution in [3.8, 4) is 0 Å². The summed E-state index contributed by atoms with van der Waals surface area (Å²) in [7, 11) is 0. The Morgan fingerprint density at radius 2 is 2.10 bits per heavy atom. The van der Waals surface area contributed by atoms with E-state index in [0.29, 0.717) is 12.4 Å². The van der Waals surface area contributed by atoms with Gasteiger partial charge in [-0.2, -0.15) is 0 Å². The number of amides is 1. The highest BCUT2D eigenvalue weighted by atomic mass is 32.2. The Hall–Kier alpha value is -1.49. The van der Waals surface area contributed by atoms with Gasteiger partial charge in [0.1, 0.15) is 6.54 Å². The zero-order valence-electron chi connectivity index (χ0n) is 11.6. The van der Waals surface area contributed by atoms with Crippen molar-refractivity contribution in [2.45, 2.75) is 31.1 Å². The summed E-state index contributed by atoms with van der Waals surface area (Å²) in [6, 6.07) is 6.39. The summed E-state index contributed by atoms with van der Waals surface area (Å²) in [5.41, 5.74) is 2.84. The number of fused-ring (bicyclic) bond motifs is 1. The topological polar surface area (TPSA) is 55.4 Å². The van der Waals surface area contributed by atoms with Crippen molar-refractivity contribution in [2.75, 3.05) is 18.9 Å². The monoisotopic (exact) mass is 293 g/mol. The summed E-state index contributed by atoms with van der Waals surface area (Å²) < 4.78 is 4.74. The third kappa shape index (κ3) is 4.27. The van der Waals surface area contributed by atoms with Crippen LogP contribution in [0.5, 0.6) is 0 Å². The zero-order valence-corrected chi connectivity index (χ0v) is 12.4. The number of aryl methyl sites for hydroxylation is 2. The van der Waals surface area contributed by atoms with Gasteiger partial charge in [-0.05, 0) is 49.4 Å². The van der Waals surface area contributed by atoms with E-state index >= 15 is 0 Å². The van der Waals surface area contributed by atoms with Crippen LogP contribution in [0.2, 0.25) is 0 Å². The first-order valence-corrected chi connectivity index (χ1v) is 7.84. The minimum Gasteiger partial charge on any atom is -0.465 e. The molecule has 1 amide bonds. The molecule has 0 saturated carbocycles. The van der Waals surface area contributed by atoms with Gasteiger partial charge in [0, 0.05) is 4.90 Å². The average Bonchev–Trinajstić information content (AvgIpc) is 2.90. The molecule has 0 unspecified atom stereocenters. The van der Waals surface area contributed by atoms with Crippen LogP contribution in [0.3, 0.4) is 0 Å². The maximum absolute atomic E-state index is 11.6. The van der Waals surface area contributed by atoms with Crippen molar-refractivity contribution in [1.29, 1.82) is 0 Å². The molecular weight excluding hydrogens is 274 g/mol. The summed E-state index contributed by atoms with van der Waals surface area (Å²) in [5, 5.41) is 2.56. The van der Waals surface area contributed by atoms with Gasteiger partial charge in [-0.3, -0.25) is 9.59 Å². The molecule has 0 heterocycles. The van der Waals surface area contributed by atoms with Crippen LogP contribution >= 0.6 is 11.8 Å². The Morgan fingerprint density at radius 1 is 1.30 bits per heavy atom. The molecule has 1 aromatic rings. The predicted octanol–water partition coefficient (Wildman–Crippen LogP) is 1.95. The highest BCUT2D eigenvalue weighted by Crippen LogP contribution is 2.27. The molecule has 0 spiro atoms. The van der Waals surface area contributed by atoms with Crippen molar-refractivity contribution < 1.29 is 14.3 Å². The van der Waals surface area contributed by atoms with Crippen molar-refractivity contribution >= 4 is 23.6 Å². The summed E-state index contributed by atoms with van der Waals surface area (Å²) in [4.78, 5) is 23.8. The van der Waals surface area contributed by atoms with Crippen molar-refractivity contribution in [2.24, 2.45) is 0 Å². The van der Waals surface area contributed by atoms with Crippen LogP contribution in [0.1, 0.15) is 24.5 Å². The zero-order chi connectivity index (χ0) is 14.4. The van der Waals surface area contributed by atoms with Crippen LogP contribution in [0, 0.1) is 0 Å². The normalized spacial score (nSPS) is 12.8. The minimum atomic E-state index is -0.400. The van der Waals surface area contributed by atoms with Gasteiger partial charge >= 0.3 is 5.97 Å². The number of carbonyl (C=O) groups excluding carboxylic acids is 2. The van der Waals surface area contributed by atoms with Crippen LogP contribution in [-0.4, -0.2) is 30.8 Å². The predicted molar refractivity (Wildman–Crippen MR) is 78.8 cm³/mol. The van der Waals surface area contributed by atoms with Gasteiger partial charge in [-0.15, -0.1) is 11.8 Å². The molecule has 1 N–H and O–H groups in total. The average molecular weight is 293 g/mol. The van der Waals surface area contributed by atoms with Gasteiger partial charge in [0.2, 0.25) is 5.91 Å². The fourth-order valence-electron chi connectivity index (χ4n) is 2.22. The standard InChI is InChI=1S/C15H19NO3S/c1-2-19-15(18)9-16-14(17)10-20-13-7-6-11-4-3-5-12(11)8-13/h6-8H,2-5,9-10H2,1H3,(H,16,17). The number of nitrogens with one attached hydrogen (secondary N) is 1. The van der Waals surface area contributed by atoms with Crippen molar-refractivity contribution in [3.63, 3.8) is 0 Å². The van der Waals surface area contributed by atoms with Crippen molar-refractivity contribution in [3.05, 3.63) is 29.3 Å². The fraction of sp³-hybridized carbons (Fsp3) is 0.467. The van der Waals surface area contributed by atoms with E-state index in [2.05, 4.69) is 23.5 Å². The molecule has 0 atom stereocenters. The lowest BCUT2D eigenvalue weighted by molar-refractivity contribution is -0.143. The lowest BCUT2D eigenvalue weighted by atomic mass is 10.1. The highest BCUT2D eigenvalue weighted by molar-refractivity contribution is 8.00. The second kappa shape index (κ2) is 7.33. The smallest absolute Gasteiger partial charge is 0.325 e. The number of hydrogen-bond acceptors (Lipinski definition) is 4. The Bertz CT molecular complexity index is 502. The summed E-state index contributed by atoms with van der Waals surface area (Å²) in [6.45, 7) is 2.01. The van der Waals surface area contributed by atoms with Crippen LogP contribution < -0.4 is 5.32 Å². The van der Waals surface area contributed by atoms with Crippen LogP contribution in [0.4, 0.5) is 0 Å². The first-order valence-electron chi connectivity index (χ1n) is 6.86. The van der Waals surface area contributed by atoms with E-state index in [9.17, 15) is 9.59 Å². The number of rotatable bonds is 6. The molecular formula is C15H19NO3S. The molecule has 0 radical (unpaired) electrons. The summed E-state index contributed by atoms with van der Waals surface area (Å²) >= 11 is 1.50. The molecule has 2 rings (SSSR count). The lowest BCUT2D eigenvalue weighted by Crippen LogP contribution is -2.31. The molecule has 5 heteroatoms. The van der Waals surface area contributed by atoms with Gasteiger partial charge in [0.25, 0.3) is 0 Å². The summed E-state index contributed by atoms with van der Waals surface area (Å²) in [5.74, 6) is -0.231. The van der Waals surface area contributed by atoms with E-state index in [1.807, 2.05) is 0 Å². The van der Waals surface area contributed by atoms with E-state index in [1.165, 1.54) is 35.7 Å². The Balaban J connectivity index is 1.74. The van der Waals surface area contributed by atoms with Crippen molar-refractivity contribution in [1.82, 2.24) is 5.32 Å². The quantitative estimate of drug-likeness (QED) is 0.643. The van der Waals surface area contributed by atoms with Gasteiger partial charge in [0.15, 0.2) is 0 Å². The molecule has 108 valence electrons. The van der Waals surface area contributed by atoms with E-state index < -0.39 is 5.97 Å². The first kappa shape index (κ1) is 14.9. The molecule has 0 aliphatic heterocycles. The molecule has 1 aromatic carbocycles. The molecule has 0 aromatic heterocycles. The second-order valence-electron chi connectivity index (χ2n) is 4.65. The van der Waals surface area contributed by atoms with E-state index in [0.717, 1.165) is 11.3 Å². The Kier molecular flexibility index (Phi) is 5.47. The largest absolute Gasteiger partial charge is 0.465 e. The number of thioether (sulfide) groups is 1. The molecule has 0 saturated heterocycles. The number of hydrogen-bond donors (Lipinski definition) is 1. The molecule has 0 fully saturated rings. The number of esters is 1. The van der Waals surface area contributed by atoms with Gasteiger partial charge in [-0.1, -0.05) is 6.07 Å². The SMILES string of the molecule is CCOC(=O)CNC(=O)CSc1ccc2c(c1)CCC2. The van der Waals surface area contributed by atoms with E-state index in [-0.39, 0.29) is 12.5 Å². The molecule has 1 aliphatic rings. The first-order chi connectivity index (χ1) is 9.69. The Labute approximate surface area is 123 Å². The highest BCUT2D eigenvalue weighted by Gasteiger charge is 2.12. The van der Waals surface area contributed by atoms with Crippen LogP contribution in [0.15, 0.2) is 23.1 Å². The lowest BCUT2D eigenvalue weighted by Gasteiger charge is -2.06. The minimum absolute atomic E-state index is 0.0581. The molecule has 4 nitrogen and oxygen atoms in total. The molecule has 20 heavy (non-hydrogen) atoms. The van der Waals surface area contributed by atoms with Gasteiger partial charge < -0.3 is 10.1 Å². The summed E-state index contributed by atoms with van der Waals surface area (Å²) in [6.07, 6.45) is 3.53. The maximum atomic E-state index is 11.6. The molecule has 0 bridgehead atoms. The van der Waals surface area contributed by atoms with E-state index in [1.54, 1.807) is 6.92 Å². The number of carbonyl (C=O) groups is 2. The van der Waals surface area contributed by atoms with Gasteiger partial charge in [0.05, 0.1) is 12.4 Å². The fourth-order valence-corrected chi connectivity index (χ4v) is 3.01. The second-order valence-corrected chi connectivity index (χ2v) is 5.70. The Morgan fingerprint density at radius 3 is 2.90 bits per heavy atom. The molecule has 1 aliphatic carbocycles. The van der Waals surface area contributed by atoms with Gasteiger partial charge in [-0.25, -0.2) is 0 Å².